The van der Waals surface area contributed by atoms with Gasteiger partial charge in [-0.1, -0.05) is 0 Å². The Morgan fingerprint density at radius 1 is 1.10 bits per heavy atom. The standard InChI is InChI=1S/C13H11ClN4O2/c1-19-10-3-8-9(4-11(10)20-2)17-13(14)18-12(8)7-5-15-16-6-7/h3-6H,1-2H3,(H,15,16). The zero-order valence-corrected chi connectivity index (χ0v) is 11.6. The third kappa shape index (κ3) is 2.04. The number of methoxy groups -OCH3 is 2. The maximum atomic E-state index is 5.99. The number of aromatic nitrogens is 4. The van der Waals surface area contributed by atoms with Crippen molar-refractivity contribution >= 4 is 22.5 Å². The van der Waals surface area contributed by atoms with E-state index in [-0.39, 0.29) is 5.28 Å². The normalized spacial score (nSPS) is 10.8. The Labute approximate surface area is 119 Å². The highest BCUT2D eigenvalue weighted by Crippen LogP contribution is 2.35. The van der Waals surface area contributed by atoms with Crippen LogP contribution in [-0.2, 0) is 0 Å². The molecule has 0 atom stereocenters. The monoisotopic (exact) mass is 290 g/mol. The average molecular weight is 291 g/mol. The summed E-state index contributed by atoms with van der Waals surface area (Å²) in [7, 11) is 3.15. The van der Waals surface area contributed by atoms with Gasteiger partial charge in [0.05, 0.1) is 31.6 Å². The van der Waals surface area contributed by atoms with Crippen LogP contribution < -0.4 is 9.47 Å². The minimum Gasteiger partial charge on any atom is -0.493 e. The Hall–Kier alpha value is -2.34. The molecule has 1 N–H and O–H groups in total. The molecule has 3 aromatic rings. The van der Waals surface area contributed by atoms with Crippen molar-refractivity contribution in [1.29, 1.82) is 0 Å². The summed E-state index contributed by atoms with van der Waals surface area (Å²) in [5.41, 5.74) is 2.19. The number of nitrogens with one attached hydrogen (secondary N) is 1. The first-order valence-electron chi connectivity index (χ1n) is 5.81. The summed E-state index contributed by atoms with van der Waals surface area (Å²) in [5.74, 6) is 1.20. The second-order valence-electron chi connectivity index (χ2n) is 4.05. The number of hydrogen-bond donors (Lipinski definition) is 1. The van der Waals surface area contributed by atoms with Crippen LogP contribution in [-0.4, -0.2) is 34.4 Å². The van der Waals surface area contributed by atoms with Crippen LogP contribution in [0.5, 0.6) is 11.5 Å². The zero-order valence-electron chi connectivity index (χ0n) is 10.8. The highest BCUT2D eigenvalue weighted by atomic mass is 35.5. The minimum atomic E-state index is 0.168. The van der Waals surface area contributed by atoms with Crippen molar-refractivity contribution < 1.29 is 9.47 Å². The van der Waals surface area contributed by atoms with Gasteiger partial charge in [0.15, 0.2) is 11.5 Å². The Morgan fingerprint density at radius 3 is 2.50 bits per heavy atom. The SMILES string of the molecule is COc1cc2nc(Cl)nc(-c3cn[nH]c3)c2cc1OC. The average Bonchev–Trinajstić information content (AvgIpc) is 2.98. The molecule has 2 aromatic heterocycles. The molecule has 0 aliphatic carbocycles. The van der Waals surface area contributed by atoms with E-state index in [1.165, 1.54) is 0 Å². The summed E-state index contributed by atoms with van der Waals surface area (Å²) in [5, 5.41) is 7.66. The van der Waals surface area contributed by atoms with Crippen LogP contribution in [0.1, 0.15) is 0 Å². The fourth-order valence-corrected chi connectivity index (χ4v) is 2.20. The van der Waals surface area contributed by atoms with Crippen molar-refractivity contribution in [2.24, 2.45) is 0 Å². The lowest BCUT2D eigenvalue weighted by Gasteiger charge is -2.10. The molecule has 0 amide bonds. The zero-order chi connectivity index (χ0) is 14.1. The van der Waals surface area contributed by atoms with Gasteiger partial charge in [0.1, 0.15) is 0 Å². The number of H-pyrrole nitrogens is 1. The second kappa shape index (κ2) is 4.97. The molecule has 1 aromatic carbocycles. The third-order valence-electron chi connectivity index (χ3n) is 2.95. The van der Waals surface area contributed by atoms with Crippen LogP contribution in [0.2, 0.25) is 5.28 Å². The van der Waals surface area contributed by atoms with Gasteiger partial charge >= 0.3 is 0 Å². The molecule has 0 aliphatic heterocycles. The van der Waals surface area contributed by atoms with E-state index in [9.17, 15) is 0 Å². The van der Waals surface area contributed by atoms with Crippen molar-refractivity contribution in [3.63, 3.8) is 0 Å². The topological polar surface area (TPSA) is 72.9 Å². The van der Waals surface area contributed by atoms with E-state index in [1.807, 2.05) is 6.07 Å². The highest BCUT2D eigenvalue weighted by Gasteiger charge is 2.14. The first-order chi connectivity index (χ1) is 9.72. The number of fused-ring (bicyclic) bond motifs is 1. The molecule has 0 saturated heterocycles. The van der Waals surface area contributed by atoms with Crippen LogP contribution in [0.4, 0.5) is 0 Å². The predicted molar refractivity (Wildman–Crippen MR) is 75.2 cm³/mol. The first kappa shape index (κ1) is 12.7. The molecule has 102 valence electrons. The molecule has 6 nitrogen and oxygen atoms in total. The predicted octanol–water partition coefficient (Wildman–Crippen LogP) is 2.69. The van der Waals surface area contributed by atoms with Crippen molar-refractivity contribution in [2.45, 2.75) is 0 Å². The number of rotatable bonds is 3. The largest absolute Gasteiger partial charge is 0.493 e. The summed E-state index contributed by atoms with van der Waals surface area (Å²) < 4.78 is 10.6. The van der Waals surface area contributed by atoms with E-state index < -0.39 is 0 Å². The molecule has 0 radical (unpaired) electrons. The van der Waals surface area contributed by atoms with E-state index >= 15 is 0 Å². The van der Waals surface area contributed by atoms with Gasteiger partial charge in [-0.25, -0.2) is 9.97 Å². The molecule has 20 heavy (non-hydrogen) atoms. The molecule has 0 unspecified atom stereocenters. The van der Waals surface area contributed by atoms with Crippen molar-refractivity contribution in [3.8, 4) is 22.8 Å². The van der Waals surface area contributed by atoms with Crippen molar-refractivity contribution in [2.75, 3.05) is 14.2 Å². The van der Waals surface area contributed by atoms with E-state index in [0.29, 0.717) is 22.7 Å². The molecule has 3 rings (SSSR count). The molecule has 2 heterocycles. The highest BCUT2D eigenvalue weighted by molar-refractivity contribution is 6.28. The summed E-state index contributed by atoms with van der Waals surface area (Å²) in [6.07, 6.45) is 3.42. The number of nitrogens with zero attached hydrogens (tertiary/aromatic N) is 3. The lowest BCUT2D eigenvalue weighted by molar-refractivity contribution is 0.356. The van der Waals surface area contributed by atoms with Crippen LogP contribution >= 0.6 is 11.6 Å². The number of hydrogen-bond acceptors (Lipinski definition) is 5. The molecular weight excluding hydrogens is 280 g/mol. The lowest BCUT2D eigenvalue weighted by Crippen LogP contribution is -1.95. The Bertz CT molecular complexity index is 759. The van der Waals surface area contributed by atoms with Crippen LogP contribution in [0, 0.1) is 0 Å². The maximum absolute atomic E-state index is 5.99. The van der Waals surface area contributed by atoms with E-state index in [2.05, 4.69) is 20.2 Å². The second-order valence-corrected chi connectivity index (χ2v) is 4.39. The van der Waals surface area contributed by atoms with E-state index in [4.69, 9.17) is 21.1 Å². The van der Waals surface area contributed by atoms with Crippen LogP contribution in [0.15, 0.2) is 24.5 Å². The maximum Gasteiger partial charge on any atom is 0.223 e. The first-order valence-corrected chi connectivity index (χ1v) is 6.19. The van der Waals surface area contributed by atoms with Gasteiger partial charge in [0, 0.05) is 23.2 Å². The summed E-state index contributed by atoms with van der Waals surface area (Å²) in [6.45, 7) is 0. The fourth-order valence-electron chi connectivity index (χ4n) is 2.03. The fraction of sp³-hybridized carbons (Fsp3) is 0.154. The van der Waals surface area contributed by atoms with Crippen molar-refractivity contribution in [3.05, 3.63) is 29.8 Å². The van der Waals surface area contributed by atoms with E-state index in [0.717, 1.165) is 10.9 Å². The van der Waals surface area contributed by atoms with Crippen molar-refractivity contribution in [1.82, 2.24) is 20.2 Å². The quantitative estimate of drug-likeness (QED) is 0.751. The van der Waals surface area contributed by atoms with Gasteiger partial charge in [-0.3, -0.25) is 5.10 Å². The van der Waals surface area contributed by atoms with Gasteiger partial charge in [0.25, 0.3) is 0 Å². The van der Waals surface area contributed by atoms with Crippen LogP contribution in [0.25, 0.3) is 22.2 Å². The number of aromatic amines is 1. The smallest absolute Gasteiger partial charge is 0.223 e. The molecule has 7 heteroatoms. The molecule has 0 aliphatic rings. The summed E-state index contributed by atoms with van der Waals surface area (Å²) in [6, 6.07) is 3.60. The lowest BCUT2D eigenvalue weighted by atomic mass is 10.1. The number of halogens is 1. The minimum absolute atomic E-state index is 0.168. The van der Waals surface area contributed by atoms with E-state index in [1.54, 1.807) is 32.7 Å². The number of benzene rings is 1. The van der Waals surface area contributed by atoms with Gasteiger partial charge in [0.2, 0.25) is 5.28 Å². The number of ether oxygens (including phenoxy) is 2. The van der Waals surface area contributed by atoms with Gasteiger partial charge in [-0.15, -0.1) is 0 Å². The Morgan fingerprint density at radius 2 is 1.85 bits per heavy atom. The molecule has 0 fully saturated rings. The van der Waals surface area contributed by atoms with Gasteiger partial charge < -0.3 is 9.47 Å². The van der Waals surface area contributed by atoms with Gasteiger partial charge in [-0.2, -0.15) is 5.10 Å². The Kier molecular flexibility index (Phi) is 3.15. The summed E-state index contributed by atoms with van der Waals surface area (Å²) >= 11 is 5.99. The molecule has 0 spiro atoms. The molecule has 0 saturated carbocycles. The summed E-state index contributed by atoms with van der Waals surface area (Å²) in [4.78, 5) is 8.49. The Balaban J connectivity index is 2.35. The van der Waals surface area contributed by atoms with Gasteiger partial charge in [-0.05, 0) is 17.7 Å². The van der Waals surface area contributed by atoms with Crippen LogP contribution in [0.3, 0.4) is 0 Å². The molecule has 0 bridgehead atoms. The molecular formula is C13H11ClN4O2. The third-order valence-corrected chi connectivity index (χ3v) is 3.11.